The summed E-state index contributed by atoms with van der Waals surface area (Å²) in [7, 11) is 0. The molecule has 0 unspecified atom stereocenters. The van der Waals surface area contributed by atoms with E-state index in [0.29, 0.717) is 5.56 Å². The highest BCUT2D eigenvalue weighted by atomic mass is 32.1. The first-order chi connectivity index (χ1) is 28.4. The molecular weight excluding hydrogens is 615 g/mol. The molecule has 0 aliphatic heterocycles. The highest BCUT2D eigenvalue weighted by molar-refractivity contribution is 7.26. The van der Waals surface area contributed by atoms with E-state index in [-0.39, 0.29) is 28.6 Å². The molecular formula is C45H29N3S. The Kier molecular flexibility index (Phi) is 5.12. The van der Waals surface area contributed by atoms with Gasteiger partial charge in [0, 0.05) is 36.9 Å². The minimum Gasteiger partial charge on any atom is -0.208 e. The first-order valence-corrected chi connectivity index (χ1v) is 16.4. The molecule has 0 bridgehead atoms. The zero-order valence-corrected chi connectivity index (χ0v) is 26.5. The molecule has 230 valence electrons. The van der Waals surface area contributed by atoms with Crippen molar-refractivity contribution >= 4 is 31.5 Å². The Morgan fingerprint density at radius 1 is 0.388 bits per heavy atom. The van der Waals surface area contributed by atoms with Crippen LogP contribution in [0.2, 0.25) is 0 Å². The molecule has 0 atom stereocenters. The maximum Gasteiger partial charge on any atom is 0.164 e. The van der Waals surface area contributed by atoms with Crippen LogP contribution < -0.4 is 0 Å². The van der Waals surface area contributed by atoms with Gasteiger partial charge in [0.05, 0.1) is 13.7 Å². The van der Waals surface area contributed by atoms with E-state index in [9.17, 15) is 0 Å². The van der Waals surface area contributed by atoms with E-state index in [4.69, 9.17) is 13.7 Å². The molecule has 0 fully saturated rings. The van der Waals surface area contributed by atoms with Crippen molar-refractivity contribution in [2.24, 2.45) is 0 Å². The molecule has 49 heavy (non-hydrogen) atoms. The number of benzene rings is 7. The van der Waals surface area contributed by atoms with Gasteiger partial charge in [-0.05, 0) is 57.6 Å². The highest BCUT2D eigenvalue weighted by Gasteiger charge is 2.16. The average Bonchev–Trinajstić information content (AvgIpc) is 3.65. The van der Waals surface area contributed by atoms with Gasteiger partial charge in [-0.3, -0.25) is 0 Å². The minimum atomic E-state index is -0.597. The standard InChI is InChI=1S/C45H29N3S/c1-5-14-30(15-6-1)35-26-36(31-16-7-2-8-17-31)28-37(27-35)38-22-13-23-40-39-25-24-34(29-41(39)49-42(38)40)45-47-43(32-18-9-3-10-19-32)46-44(48-45)33-20-11-4-12-21-33/h1-29H/i3D,4D,9D,10D,11D,12D,18D,19D,20D,21D. The second-order valence-electron chi connectivity index (χ2n) is 11.3. The number of fused-ring (bicyclic) bond motifs is 3. The predicted molar refractivity (Wildman–Crippen MR) is 205 cm³/mol. The lowest BCUT2D eigenvalue weighted by Crippen LogP contribution is -1.99. The Bertz CT molecular complexity index is 2970. The second-order valence-corrected chi connectivity index (χ2v) is 12.4. The summed E-state index contributed by atoms with van der Waals surface area (Å²) in [6.07, 6.45) is 0. The van der Waals surface area contributed by atoms with Crippen molar-refractivity contribution in [3.8, 4) is 67.5 Å². The summed E-state index contributed by atoms with van der Waals surface area (Å²) < 4.78 is 86.0. The fourth-order valence-corrected chi connectivity index (χ4v) is 7.27. The molecule has 3 nitrogen and oxygen atoms in total. The molecule has 0 spiro atoms. The van der Waals surface area contributed by atoms with Gasteiger partial charge in [-0.25, -0.2) is 15.0 Å². The number of rotatable bonds is 6. The van der Waals surface area contributed by atoms with Crippen molar-refractivity contribution in [1.82, 2.24) is 15.0 Å². The van der Waals surface area contributed by atoms with Crippen LogP contribution >= 0.6 is 11.3 Å². The van der Waals surface area contributed by atoms with E-state index in [0.717, 1.165) is 53.6 Å². The van der Waals surface area contributed by atoms with Crippen LogP contribution in [0.15, 0.2) is 176 Å². The van der Waals surface area contributed by atoms with Crippen molar-refractivity contribution in [3.05, 3.63) is 176 Å². The molecule has 0 saturated heterocycles. The number of nitrogens with zero attached hydrogens (tertiary/aromatic N) is 3. The summed E-state index contributed by atoms with van der Waals surface area (Å²) in [5, 5.41) is 2.01. The van der Waals surface area contributed by atoms with Crippen LogP contribution in [0.3, 0.4) is 0 Å². The fraction of sp³-hybridized carbons (Fsp3) is 0. The Morgan fingerprint density at radius 2 is 0.918 bits per heavy atom. The van der Waals surface area contributed by atoms with E-state index in [1.807, 2.05) is 54.6 Å². The summed E-state index contributed by atoms with van der Waals surface area (Å²) in [4.78, 5) is 13.6. The molecule has 2 heterocycles. The van der Waals surface area contributed by atoms with Crippen LogP contribution in [0.5, 0.6) is 0 Å². The monoisotopic (exact) mass is 653 g/mol. The zero-order chi connectivity index (χ0) is 41.3. The summed E-state index contributed by atoms with van der Waals surface area (Å²) in [5.41, 5.74) is 6.32. The summed E-state index contributed by atoms with van der Waals surface area (Å²) in [6, 6.07) is 33.2. The summed E-state index contributed by atoms with van der Waals surface area (Å²) in [5.74, 6) is -0.591. The SMILES string of the molecule is [2H]c1c([2H])c([2H])c(-c2nc(-c3ccc4c(c3)sc3c(-c5cc(-c6ccccc6)cc(-c6ccccc6)c5)cccc34)nc(-c3c([2H])c([2H])c([2H])c([2H])c3[2H])n2)c([2H])c1[2H]. The maximum atomic E-state index is 8.66. The second kappa shape index (κ2) is 12.4. The maximum absolute atomic E-state index is 8.66. The molecule has 2 aromatic heterocycles. The van der Waals surface area contributed by atoms with Gasteiger partial charge in [0.2, 0.25) is 0 Å². The number of thiophene rings is 1. The third-order valence-corrected chi connectivity index (χ3v) is 9.50. The van der Waals surface area contributed by atoms with Gasteiger partial charge in [-0.2, -0.15) is 0 Å². The highest BCUT2D eigenvalue weighted by Crippen LogP contribution is 2.43. The Balaban J connectivity index is 1.25. The van der Waals surface area contributed by atoms with Crippen molar-refractivity contribution in [2.45, 2.75) is 0 Å². The largest absolute Gasteiger partial charge is 0.208 e. The first-order valence-electron chi connectivity index (χ1n) is 20.5. The van der Waals surface area contributed by atoms with E-state index >= 15 is 0 Å². The first kappa shape index (κ1) is 20.2. The van der Waals surface area contributed by atoms with Gasteiger partial charge in [-0.15, -0.1) is 11.3 Å². The smallest absolute Gasteiger partial charge is 0.164 e. The lowest BCUT2D eigenvalue weighted by atomic mass is 9.93. The van der Waals surface area contributed by atoms with Crippen molar-refractivity contribution in [2.75, 3.05) is 0 Å². The van der Waals surface area contributed by atoms with Gasteiger partial charge < -0.3 is 0 Å². The third-order valence-electron chi connectivity index (χ3n) is 8.30. The molecule has 0 N–H and O–H groups in total. The van der Waals surface area contributed by atoms with E-state index < -0.39 is 60.4 Å². The minimum absolute atomic E-state index is 0.0197. The number of aromatic nitrogens is 3. The molecule has 0 radical (unpaired) electrons. The third kappa shape index (κ3) is 5.58. The van der Waals surface area contributed by atoms with Crippen LogP contribution in [-0.2, 0) is 0 Å². The topological polar surface area (TPSA) is 38.7 Å². The molecule has 0 amide bonds. The van der Waals surface area contributed by atoms with Crippen LogP contribution in [0.4, 0.5) is 0 Å². The normalized spacial score (nSPS) is 14.1. The van der Waals surface area contributed by atoms with E-state index in [1.165, 1.54) is 0 Å². The van der Waals surface area contributed by atoms with Crippen LogP contribution in [0.25, 0.3) is 87.7 Å². The number of hydrogen-bond donors (Lipinski definition) is 0. The van der Waals surface area contributed by atoms with Gasteiger partial charge in [0.1, 0.15) is 0 Å². The molecule has 4 heteroatoms. The Morgan fingerprint density at radius 3 is 1.49 bits per heavy atom. The van der Waals surface area contributed by atoms with Gasteiger partial charge in [0.15, 0.2) is 17.5 Å². The van der Waals surface area contributed by atoms with Crippen LogP contribution in [0, 0.1) is 0 Å². The fourth-order valence-electron chi connectivity index (χ4n) is 5.99. The van der Waals surface area contributed by atoms with Gasteiger partial charge in [0.25, 0.3) is 0 Å². The molecule has 0 saturated carbocycles. The number of hydrogen-bond acceptors (Lipinski definition) is 4. The van der Waals surface area contributed by atoms with Crippen molar-refractivity contribution in [1.29, 1.82) is 0 Å². The van der Waals surface area contributed by atoms with Gasteiger partial charge >= 0.3 is 0 Å². The Hall–Kier alpha value is -6.23. The Labute approximate surface area is 302 Å². The molecule has 0 aliphatic carbocycles. The average molecular weight is 654 g/mol. The zero-order valence-electron chi connectivity index (χ0n) is 35.7. The predicted octanol–water partition coefficient (Wildman–Crippen LogP) is 12.2. The van der Waals surface area contributed by atoms with E-state index in [2.05, 4.69) is 69.5 Å². The summed E-state index contributed by atoms with van der Waals surface area (Å²) >= 11 is 1.59. The summed E-state index contributed by atoms with van der Waals surface area (Å²) in [6.45, 7) is 0. The lowest BCUT2D eigenvalue weighted by molar-refractivity contribution is 1.07. The lowest BCUT2D eigenvalue weighted by Gasteiger charge is -2.12. The molecule has 9 aromatic rings. The molecule has 0 aliphatic rings. The molecule has 7 aromatic carbocycles. The van der Waals surface area contributed by atoms with E-state index in [1.54, 1.807) is 17.4 Å². The van der Waals surface area contributed by atoms with Crippen molar-refractivity contribution < 1.29 is 13.7 Å². The molecule has 9 rings (SSSR count). The van der Waals surface area contributed by atoms with Crippen LogP contribution in [-0.4, -0.2) is 15.0 Å². The van der Waals surface area contributed by atoms with Crippen LogP contribution in [0.1, 0.15) is 13.7 Å². The van der Waals surface area contributed by atoms with Gasteiger partial charge in [-0.1, -0.05) is 151 Å². The van der Waals surface area contributed by atoms with Crippen molar-refractivity contribution in [3.63, 3.8) is 0 Å². The quantitative estimate of drug-likeness (QED) is 0.179.